The molecule has 1 aliphatic rings. The maximum atomic E-state index is 12.7. The van der Waals surface area contributed by atoms with Crippen molar-refractivity contribution in [3.63, 3.8) is 0 Å². The molecule has 168 valence electrons. The number of hydrogen-bond donors (Lipinski definition) is 1. The predicted octanol–water partition coefficient (Wildman–Crippen LogP) is 1.99. The van der Waals surface area contributed by atoms with Crippen LogP contribution in [-0.4, -0.2) is 59.6 Å². The Kier molecular flexibility index (Phi) is 7.15. The lowest BCUT2D eigenvalue weighted by molar-refractivity contribution is 0.0730. The molecule has 1 saturated heterocycles. The highest BCUT2D eigenvalue weighted by atomic mass is 32.2. The molecule has 1 fully saturated rings. The fraction of sp³-hybridized carbons (Fsp3) is 0.381. The number of ether oxygens (including phenoxy) is 1. The maximum absolute atomic E-state index is 12.7. The third-order valence-corrected chi connectivity index (χ3v) is 8.19. The third kappa shape index (κ3) is 5.51. The van der Waals surface area contributed by atoms with Gasteiger partial charge in [0.1, 0.15) is 0 Å². The Bertz CT molecular complexity index is 1120. The van der Waals surface area contributed by atoms with E-state index in [1.165, 1.54) is 40.7 Å². The summed E-state index contributed by atoms with van der Waals surface area (Å²) in [6.45, 7) is 3.25. The largest absolute Gasteiger partial charge is 0.379 e. The number of nitrogens with one attached hydrogen (secondary N) is 1. The molecule has 1 unspecified atom stereocenters. The average Bonchev–Trinajstić information content (AvgIpc) is 2.77. The number of morpholine rings is 1. The van der Waals surface area contributed by atoms with Crippen LogP contribution in [0.5, 0.6) is 0 Å². The molecular formula is C21H26N2O6S2. The monoisotopic (exact) mass is 466 g/mol. The number of amides is 1. The fourth-order valence-corrected chi connectivity index (χ4v) is 5.36. The van der Waals surface area contributed by atoms with Crippen LogP contribution in [0.15, 0.2) is 58.3 Å². The molecule has 0 bridgehead atoms. The van der Waals surface area contributed by atoms with E-state index in [2.05, 4.69) is 5.32 Å². The molecule has 1 atom stereocenters. The van der Waals surface area contributed by atoms with Gasteiger partial charge >= 0.3 is 0 Å². The van der Waals surface area contributed by atoms with E-state index in [9.17, 15) is 21.6 Å². The van der Waals surface area contributed by atoms with Crippen molar-refractivity contribution >= 4 is 25.8 Å². The second kappa shape index (κ2) is 9.47. The Morgan fingerprint density at radius 1 is 0.968 bits per heavy atom. The van der Waals surface area contributed by atoms with Crippen molar-refractivity contribution in [2.75, 3.05) is 32.6 Å². The summed E-state index contributed by atoms with van der Waals surface area (Å²) in [5.74, 6) is -0.339. The SMILES string of the molecule is CCC(NC(=O)c1ccc(S(=O)(=O)N2CCOCC2)cc1)c1ccc(S(C)(=O)=O)cc1. The number of carbonyl (C=O) groups excluding carboxylic acids is 1. The zero-order valence-corrected chi connectivity index (χ0v) is 19.1. The van der Waals surface area contributed by atoms with Crippen LogP contribution >= 0.6 is 0 Å². The maximum Gasteiger partial charge on any atom is 0.251 e. The minimum absolute atomic E-state index is 0.134. The summed E-state index contributed by atoms with van der Waals surface area (Å²) in [5, 5.41) is 2.91. The van der Waals surface area contributed by atoms with Crippen molar-refractivity contribution in [2.24, 2.45) is 0 Å². The first-order valence-electron chi connectivity index (χ1n) is 9.92. The quantitative estimate of drug-likeness (QED) is 0.668. The van der Waals surface area contributed by atoms with E-state index in [-0.39, 0.29) is 21.7 Å². The van der Waals surface area contributed by atoms with Crippen LogP contribution in [0.25, 0.3) is 0 Å². The molecular weight excluding hydrogens is 440 g/mol. The molecule has 31 heavy (non-hydrogen) atoms. The van der Waals surface area contributed by atoms with Crippen LogP contribution in [0.1, 0.15) is 35.3 Å². The zero-order chi connectivity index (χ0) is 22.6. The molecule has 0 aliphatic carbocycles. The van der Waals surface area contributed by atoms with E-state index in [4.69, 9.17) is 4.74 Å². The van der Waals surface area contributed by atoms with Crippen molar-refractivity contribution in [1.82, 2.24) is 9.62 Å². The minimum Gasteiger partial charge on any atom is -0.379 e. The van der Waals surface area contributed by atoms with Gasteiger partial charge in [0.25, 0.3) is 5.91 Å². The Hall–Kier alpha value is -2.27. The van der Waals surface area contributed by atoms with E-state index < -0.39 is 19.9 Å². The highest BCUT2D eigenvalue weighted by Crippen LogP contribution is 2.21. The Morgan fingerprint density at radius 2 is 1.52 bits per heavy atom. The van der Waals surface area contributed by atoms with E-state index in [1.807, 2.05) is 6.92 Å². The van der Waals surface area contributed by atoms with Gasteiger partial charge in [-0.25, -0.2) is 16.8 Å². The van der Waals surface area contributed by atoms with Crippen LogP contribution in [0.2, 0.25) is 0 Å². The third-order valence-electron chi connectivity index (χ3n) is 5.15. The highest BCUT2D eigenvalue weighted by Gasteiger charge is 2.26. The molecule has 1 aliphatic heterocycles. The summed E-state index contributed by atoms with van der Waals surface area (Å²) in [6.07, 6.45) is 1.75. The Balaban J connectivity index is 1.72. The number of hydrogen-bond acceptors (Lipinski definition) is 6. The summed E-state index contributed by atoms with van der Waals surface area (Å²) in [5.41, 5.74) is 1.13. The van der Waals surface area contributed by atoms with E-state index in [1.54, 1.807) is 12.1 Å². The van der Waals surface area contributed by atoms with Crippen molar-refractivity contribution in [3.8, 4) is 0 Å². The van der Waals surface area contributed by atoms with Crippen molar-refractivity contribution < 1.29 is 26.4 Å². The molecule has 10 heteroatoms. The highest BCUT2D eigenvalue weighted by molar-refractivity contribution is 7.90. The molecule has 0 saturated carbocycles. The zero-order valence-electron chi connectivity index (χ0n) is 17.4. The number of benzene rings is 2. The van der Waals surface area contributed by atoms with E-state index in [0.29, 0.717) is 38.3 Å². The van der Waals surface area contributed by atoms with Crippen molar-refractivity contribution in [2.45, 2.75) is 29.2 Å². The van der Waals surface area contributed by atoms with Crippen LogP contribution in [-0.2, 0) is 24.6 Å². The smallest absolute Gasteiger partial charge is 0.251 e. The van der Waals surface area contributed by atoms with Gasteiger partial charge in [0.05, 0.1) is 29.0 Å². The molecule has 1 amide bonds. The first kappa shape index (κ1) is 23.4. The molecule has 1 heterocycles. The van der Waals surface area contributed by atoms with Gasteiger partial charge in [0.15, 0.2) is 9.84 Å². The molecule has 0 spiro atoms. The topological polar surface area (TPSA) is 110 Å². The van der Waals surface area contributed by atoms with E-state index in [0.717, 1.165) is 11.8 Å². The molecule has 2 aromatic rings. The number of rotatable bonds is 7. The second-order valence-corrected chi connectivity index (χ2v) is 11.3. The first-order chi connectivity index (χ1) is 14.6. The average molecular weight is 467 g/mol. The summed E-state index contributed by atoms with van der Waals surface area (Å²) in [7, 11) is -6.91. The fourth-order valence-electron chi connectivity index (χ4n) is 3.32. The van der Waals surface area contributed by atoms with Crippen molar-refractivity contribution in [3.05, 3.63) is 59.7 Å². The van der Waals surface area contributed by atoms with Crippen LogP contribution in [0.3, 0.4) is 0 Å². The lowest BCUT2D eigenvalue weighted by Gasteiger charge is -2.26. The van der Waals surface area contributed by atoms with E-state index >= 15 is 0 Å². The second-order valence-electron chi connectivity index (χ2n) is 7.32. The summed E-state index contributed by atoms with van der Waals surface area (Å²) >= 11 is 0. The molecule has 2 aromatic carbocycles. The molecule has 0 aromatic heterocycles. The normalized spacial score (nSPS) is 16.6. The van der Waals surface area contributed by atoms with Crippen LogP contribution < -0.4 is 5.32 Å². The number of sulfone groups is 1. The lowest BCUT2D eigenvalue weighted by atomic mass is 10.0. The summed E-state index contributed by atoms with van der Waals surface area (Å²) in [6, 6.07) is 11.9. The summed E-state index contributed by atoms with van der Waals surface area (Å²) in [4.78, 5) is 13.0. The van der Waals surface area contributed by atoms with Gasteiger partial charge in [0.2, 0.25) is 10.0 Å². The van der Waals surface area contributed by atoms with Gasteiger partial charge in [-0.3, -0.25) is 4.79 Å². The van der Waals surface area contributed by atoms with Crippen LogP contribution in [0.4, 0.5) is 0 Å². The number of carbonyl (C=O) groups is 1. The Morgan fingerprint density at radius 3 is 2.03 bits per heavy atom. The van der Waals surface area contributed by atoms with Crippen LogP contribution in [0, 0.1) is 0 Å². The molecule has 8 nitrogen and oxygen atoms in total. The molecule has 1 N–H and O–H groups in total. The first-order valence-corrected chi connectivity index (χ1v) is 13.2. The Labute approximate surface area is 183 Å². The molecule has 0 radical (unpaired) electrons. The number of sulfonamides is 1. The molecule has 3 rings (SSSR count). The standard InChI is InChI=1S/C21H26N2O6S2/c1-3-20(16-4-8-18(9-5-16)30(2,25)26)22-21(24)17-6-10-19(11-7-17)31(27,28)23-12-14-29-15-13-23/h4-11,20H,3,12-15H2,1-2H3,(H,22,24). The summed E-state index contributed by atoms with van der Waals surface area (Å²) < 4.78 is 55.2. The minimum atomic E-state index is -3.62. The number of nitrogens with zero attached hydrogens (tertiary/aromatic N) is 1. The van der Waals surface area contributed by atoms with Crippen molar-refractivity contribution in [1.29, 1.82) is 0 Å². The lowest BCUT2D eigenvalue weighted by Crippen LogP contribution is -2.40. The van der Waals surface area contributed by atoms with Gasteiger partial charge in [-0.2, -0.15) is 4.31 Å². The van der Waals surface area contributed by atoms with Gasteiger partial charge < -0.3 is 10.1 Å². The van der Waals surface area contributed by atoms with Gasteiger partial charge in [-0.1, -0.05) is 19.1 Å². The predicted molar refractivity (Wildman–Crippen MR) is 116 cm³/mol. The van der Waals surface area contributed by atoms with Gasteiger partial charge in [-0.05, 0) is 48.4 Å². The van der Waals surface area contributed by atoms with Gasteiger partial charge in [0, 0.05) is 24.9 Å². The van der Waals surface area contributed by atoms with Gasteiger partial charge in [-0.15, -0.1) is 0 Å².